The maximum absolute atomic E-state index is 11.2. The van der Waals surface area contributed by atoms with Gasteiger partial charge in [0.1, 0.15) is 0 Å². The Bertz CT molecular complexity index is 382. The zero-order valence-electron chi connectivity index (χ0n) is 8.08. The number of esters is 1. The summed E-state index contributed by atoms with van der Waals surface area (Å²) in [6.45, 7) is 1.79. The Labute approximate surface area is 90.5 Å². The normalized spacial score (nSPS) is 11.6. The Balaban J connectivity index is 2.85. The molecule has 0 aliphatic heterocycles. The number of thiophene rings is 1. The number of aliphatic hydroxyl groups excluding tert-OH is 1. The summed E-state index contributed by atoms with van der Waals surface area (Å²) in [7, 11) is 0. The molecule has 1 aromatic rings. The highest BCUT2D eigenvalue weighted by Gasteiger charge is 2.32. The number of aliphatic hydroxyl groups is 1. The van der Waals surface area contributed by atoms with Crippen LogP contribution < -0.4 is 0 Å². The average molecular weight is 226 g/mol. The van der Waals surface area contributed by atoms with Gasteiger partial charge in [-0.1, -0.05) is 6.07 Å². The van der Waals surface area contributed by atoms with Gasteiger partial charge in [-0.3, -0.25) is 0 Å². The van der Waals surface area contributed by atoms with Gasteiger partial charge in [0.25, 0.3) is 0 Å². The van der Waals surface area contributed by atoms with E-state index in [0.29, 0.717) is 4.88 Å². The Morgan fingerprint density at radius 2 is 2.53 bits per heavy atom. The van der Waals surface area contributed by atoms with Crippen LogP contribution in [-0.4, -0.2) is 28.2 Å². The molecule has 0 spiro atoms. The van der Waals surface area contributed by atoms with Crippen molar-refractivity contribution >= 4 is 23.0 Å². The smallest absolute Gasteiger partial charge is 0.420 e. The van der Waals surface area contributed by atoms with Crippen LogP contribution in [0.15, 0.2) is 17.5 Å². The van der Waals surface area contributed by atoms with E-state index >= 15 is 0 Å². The number of carbonyl (C=O) groups excluding carboxylic acids is 1. The first-order chi connectivity index (χ1) is 7.20. The van der Waals surface area contributed by atoms with E-state index in [-0.39, 0.29) is 6.61 Å². The second-order valence-corrected chi connectivity index (χ2v) is 3.60. The Morgan fingerprint density at radius 1 is 1.80 bits per heavy atom. The quantitative estimate of drug-likeness (QED) is 0.360. The van der Waals surface area contributed by atoms with Gasteiger partial charge in [-0.2, -0.15) is 4.79 Å². The van der Waals surface area contributed by atoms with Crippen molar-refractivity contribution in [2.45, 2.75) is 13.0 Å². The summed E-state index contributed by atoms with van der Waals surface area (Å²) in [5.74, 6) is -0.819. The predicted molar refractivity (Wildman–Crippen MR) is 54.5 cm³/mol. The Kier molecular flexibility index (Phi) is 4.17. The molecule has 1 atom stereocenters. The van der Waals surface area contributed by atoms with Gasteiger partial charge in [0.15, 0.2) is 6.10 Å². The standard InChI is InChI=1S/C9H10N2O3S/c1-2-14-9(13)7(11-10)8(12)6-4-3-5-15-6/h3-5,8,12H,2H2,1H3. The molecule has 1 aromatic heterocycles. The molecule has 0 bridgehead atoms. The second-order valence-electron chi connectivity index (χ2n) is 2.62. The van der Waals surface area contributed by atoms with Crippen molar-refractivity contribution in [3.05, 3.63) is 27.9 Å². The van der Waals surface area contributed by atoms with Gasteiger partial charge in [0.2, 0.25) is 0 Å². The third-order valence-electron chi connectivity index (χ3n) is 1.66. The molecular weight excluding hydrogens is 216 g/mol. The minimum absolute atomic E-state index is 0.162. The van der Waals surface area contributed by atoms with Crippen LogP contribution in [-0.2, 0) is 9.53 Å². The summed E-state index contributed by atoms with van der Waals surface area (Å²) < 4.78 is 4.63. The van der Waals surface area contributed by atoms with Crippen LogP contribution in [0.2, 0.25) is 0 Å². The number of ether oxygens (including phenoxy) is 1. The van der Waals surface area contributed by atoms with E-state index in [9.17, 15) is 9.90 Å². The van der Waals surface area contributed by atoms with Gasteiger partial charge in [-0.15, -0.1) is 11.3 Å². The highest BCUT2D eigenvalue weighted by Crippen LogP contribution is 2.19. The molecule has 80 valence electrons. The average Bonchev–Trinajstić information content (AvgIpc) is 2.71. The van der Waals surface area contributed by atoms with Crippen molar-refractivity contribution in [3.63, 3.8) is 0 Å². The zero-order valence-corrected chi connectivity index (χ0v) is 8.90. The first kappa shape index (κ1) is 11.6. The molecule has 1 rings (SSSR count). The summed E-state index contributed by atoms with van der Waals surface area (Å²) >= 11 is 1.26. The van der Waals surface area contributed by atoms with Crippen LogP contribution >= 0.6 is 11.3 Å². The summed E-state index contributed by atoms with van der Waals surface area (Å²) in [6, 6.07) is 3.36. The van der Waals surface area contributed by atoms with Gasteiger partial charge in [-0.25, -0.2) is 4.79 Å². The van der Waals surface area contributed by atoms with E-state index in [1.54, 1.807) is 24.4 Å². The maximum atomic E-state index is 11.2. The molecule has 1 N–H and O–H groups in total. The van der Waals surface area contributed by atoms with Crippen LogP contribution in [0, 0.1) is 0 Å². The third kappa shape index (κ3) is 2.73. The van der Waals surface area contributed by atoms with Crippen molar-refractivity contribution in [1.82, 2.24) is 0 Å². The monoisotopic (exact) mass is 226 g/mol. The van der Waals surface area contributed by atoms with E-state index in [2.05, 4.69) is 9.53 Å². The molecule has 0 fully saturated rings. The minimum Gasteiger partial charge on any atom is -0.457 e. The van der Waals surface area contributed by atoms with Crippen molar-refractivity contribution in [3.8, 4) is 0 Å². The fraction of sp³-hybridized carbons (Fsp3) is 0.333. The van der Waals surface area contributed by atoms with E-state index in [0.717, 1.165) is 0 Å². The summed E-state index contributed by atoms with van der Waals surface area (Å²) in [4.78, 5) is 14.5. The lowest BCUT2D eigenvalue weighted by Crippen LogP contribution is -2.25. The van der Waals surface area contributed by atoms with Crippen molar-refractivity contribution in [2.24, 2.45) is 0 Å². The van der Waals surface area contributed by atoms with Gasteiger partial charge < -0.3 is 15.4 Å². The van der Waals surface area contributed by atoms with E-state index < -0.39 is 17.8 Å². The largest absolute Gasteiger partial charge is 0.457 e. The van der Waals surface area contributed by atoms with Crippen molar-refractivity contribution < 1.29 is 19.4 Å². The van der Waals surface area contributed by atoms with Gasteiger partial charge >= 0.3 is 11.7 Å². The van der Waals surface area contributed by atoms with Gasteiger partial charge in [0, 0.05) is 4.88 Å². The Hall–Kier alpha value is -1.49. The molecule has 6 heteroatoms. The molecule has 0 saturated carbocycles. The van der Waals surface area contributed by atoms with Crippen LogP contribution in [0.5, 0.6) is 0 Å². The predicted octanol–water partition coefficient (Wildman–Crippen LogP) is 1.02. The number of carbonyl (C=O) groups is 1. The number of nitrogens with zero attached hydrogens (tertiary/aromatic N) is 2. The van der Waals surface area contributed by atoms with Gasteiger partial charge in [-0.05, 0) is 18.4 Å². The number of rotatable bonds is 4. The zero-order chi connectivity index (χ0) is 11.3. The molecule has 0 aromatic carbocycles. The summed E-state index contributed by atoms with van der Waals surface area (Å²) in [6.07, 6.45) is -1.24. The van der Waals surface area contributed by atoms with E-state index in [1.165, 1.54) is 11.3 Å². The molecule has 0 amide bonds. The van der Waals surface area contributed by atoms with Gasteiger partial charge in [0.05, 0.1) is 6.61 Å². The molecule has 0 radical (unpaired) electrons. The minimum atomic E-state index is -1.24. The molecule has 0 aliphatic carbocycles. The topological polar surface area (TPSA) is 82.9 Å². The molecule has 15 heavy (non-hydrogen) atoms. The number of hydrogen-bond donors (Lipinski definition) is 1. The first-order valence-electron chi connectivity index (χ1n) is 4.31. The molecule has 5 nitrogen and oxygen atoms in total. The Morgan fingerprint density at radius 3 is 3.00 bits per heavy atom. The lowest BCUT2D eigenvalue weighted by Gasteiger charge is -2.02. The van der Waals surface area contributed by atoms with Crippen molar-refractivity contribution in [2.75, 3.05) is 6.61 Å². The molecular formula is C9H10N2O3S. The first-order valence-corrected chi connectivity index (χ1v) is 5.19. The van der Waals surface area contributed by atoms with Crippen LogP contribution in [0.25, 0.3) is 5.53 Å². The fourth-order valence-corrected chi connectivity index (χ4v) is 1.71. The lowest BCUT2D eigenvalue weighted by molar-refractivity contribution is -0.141. The van der Waals surface area contributed by atoms with E-state index in [1.807, 2.05) is 0 Å². The SMILES string of the molecule is CCOC(=O)C(=[N+]=[N-])C(O)c1cccs1. The summed E-state index contributed by atoms with van der Waals surface area (Å²) in [5.41, 5.74) is 8.22. The van der Waals surface area contributed by atoms with Crippen LogP contribution in [0.3, 0.4) is 0 Å². The van der Waals surface area contributed by atoms with Crippen LogP contribution in [0.4, 0.5) is 0 Å². The fourth-order valence-electron chi connectivity index (χ4n) is 0.994. The molecule has 1 heterocycles. The van der Waals surface area contributed by atoms with E-state index in [4.69, 9.17) is 5.53 Å². The molecule has 0 aliphatic rings. The lowest BCUT2D eigenvalue weighted by atomic mass is 10.2. The third-order valence-corrected chi connectivity index (χ3v) is 2.59. The van der Waals surface area contributed by atoms with Crippen molar-refractivity contribution in [1.29, 1.82) is 0 Å². The number of hydrogen-bond acceptors (Lipinski definition) is 4. The molecule has 0 saturated heterocycles. The van der Waals surface area contributed by atoms with Crippen LogP contribution in [0.1, 0.15) is 17.9 Å². The highest BCUT2D eigenvalue weighted by atomic mass is 32.1. The summed E-state index contributed by atoms with van der Waals surface area (Å²) in [5, 5.41) is 11.4. The maximum Gasteiger partial charge on any atom is 0.420 e. The highest BCUT2D eigenvalue weighted by molar-refractivity contribution is 7.10. The molecule has 1 unspecified atom stereocenters. The second kappa shape index (κ2) is 5.41.